The van der Waals surface area contributed by atoms with E-state index >= 15 is 0 Å². The molecule has 1 N–H and O–H groups in total. The van der Waals surface area contributed by atoms with Crippen LogP contribution in [0, 0.1) is 0 Å². The molecule has 1 aliphatic rings. The Labute approximate surface area is 157 Å². The molecule has 2 aromatic rings. The number of rotatable bonds is 7. The fourth-order valence-electron chi connectivity index (χ4n) is 2.60. The first-order valence-electron chi connectivity index (χ1n) is 8.49. The van der Waals surface area contributed by atoms with Crippen molar-refractivity contribution in [1.29, 1.82) is 0 Å². The molecule has 0 fully saturated rings. The van der Waals surface area contributed by atoms with Gasteiger partial charge in [0.15, 0.2) is 0 Å². The SMILES string of the molecule is COCCNC(=O)C(OC(=O)C1=Cc2ccccc2OC1)c1ccncc1. The number of nitrogens with one attached hydrogen (secondary N) is 1. The van der Waals surface area contributed by atoms with E-state index < -0.39 is 18.0 Å². The summed E-state index contributed by atoms with van der Waals surface area (Å²) in [5.74, 6) is -0.324. The number of hydrogen-bond donors (Lipinski definition) is 1. The molecule has 0 bridgehead atoms. The number of aromatic nitrogens is 1. The number of pyridine rings is 1. The Bertz CT molecular complexity index is 835. The fraction of sp³-hybridized carbons (Fsp3) is 0.250. The van der Waals surface area contributed by atoms with E-state index in [-0.39, 0.29) is 6.61 Å². The number of esters is 1. The van der Waals surface area contributed by atoms with Gasteiger partial charge in [-0.3, -0.25) is 9.78 Å². The molecule has 2 heterocycles. The Morgan fingerprint density at radius 2 is 2.00 bits per heavy atom. The largest absolute Gasteiger partial charge is 0.488 e. The van der Waals surface area contributed by atoms with Gasteiger partial charge in [-0.25, -0.2) is 4.79 Å². The lowest BCUT2D eigenvalue weighted by atomic mass is 10.1. The topological polar surface area (TPSA) is 86.8 Å². The van der Waals surface area contributed by atoms with Crippen molar-refractivity contribution in [3.05, 3.63) is 65.5 Å². The molecule has 3 rings (SSSR count). The van der Waals surface area contributed by atoms with Crippen molar-refractivity contribution < 1.29 is 23.8 Å². The summed E-state index contributed by atoms with van der Waals surface area (Å²) in [5.41, 5.74) is 1.67. The number of para-hydroxylation sites is 1. The Balaban J connectivity index is 1.77. The molecule has 1 aromatic heterocycles. The third kappa shape index (κ3) is 4.71. The number of fused-ring (bicyclic) bond motifs is 1. The highest BCUT2D eigenvalue weighted by Crippen LogP contribution is 2.27. The number of nitrogens with zero attached hydrogens (tertiary/aromatic N) is 1. The van der Waals surface area contributed by atoms with Crippen LogP contribution in [0.3, 0.4) is 0 Å². The van der Waals surface area contributed by atoms with E-state index in [9.17, 15) is 9.59 Å². The Kier molecular flexibility index (Phi) is 6.17. The predicted octanol–water partition coefficient (Wildman–Crippen LogP) is 1.90. The van der Waals surface area contributed by atoms with Gasteiger partial charge in [-0.1, -0.05) is 18.2 Å². The van der Waals surface area contributed by atoms with Crippen LogP contribution in [0.5, 0.6) is 5.75 Å². The second kappa shape index (κ2) is 8.95. The Morgan fingerprint density at radius 3 is 2.78 bits per heavy atom. The minimum absolute atomic E-state index is 0.0875. The summed E-state index contributed by atoms with van der Waals surface area (Å²) in [6, 6.07) is 10.7. The molecule has 1 amide bonds. The lowest BCUT2D eigenvalue weighted by molar-refractivity contribution is -0.153. The van der Waals surface area contributed by atoms with Gasteiger partial charge in [0, 0.05) is 37.2 Å². The smallest absolute Gasteiger partial charge is 0.338 e. The molecule has 1 aromatic carbocycles. The van der Waals surface area contributed by atoms with Crippen LogP contribution in [0.15, 0.2) is 54.4 Å². The first-order chi connectivity index (χ1) is 13.2. The lowest BCUT2D eigenvalue weighted by Crippen LogP contribution is -2.34. The number of hydrogen-bond acceptors (Lipinski definition) is 6. The van der Waals surface area contributed by atoms with Crippen LogP contribution in [0.4, 0.5) is 0 Å². The van der Waals surface area contributed by atoms with E-state index in [1.165, 1.54) is 12.4 Å². The van der Waals surface area contributed by atoms with Gasteiger partial charge in [0.05, 0.1) is 12.2 Å². The molecule has 7 nitrogen and oxygen atoms in total. The average molecular weight is 368 g/mol. The number of carbonyl (C=O) groups excluding carboxylic acids is 2. The third-order valence-electron chi connectivity index (χ3n) is 3.97. The monoisotopic (exact) mass is 368 g/mol. The molecular formula is C20H20N2O5. The highest BCUT2D eigenvalue weighted by Gasteiger charge is 2.27. The summed E-state index contributed by atoms with van der Waals surface area (Å²) in [6.45, 7) is 0.760. The molecular weight excluding hydrogens is 348 g/mol. The van der Waals surface area contributed by atoms with Gasteiger partial charge in [-0.15, -0.1) is 0 Å². The van der Waals surface area contributed by atoms with Gasteiger partial charge in [0.25, 0.3) is 5.91 Å². The van der Waals surface area contributed by atoms with Crippen molar-refractivity contribution >= 4 is 18.0 Å². The van der Waals surface area contributed by atoms with Crippen LogP contribution in [0.25, 0.3) is 6.08 Å². The van der Waals surface area contributed by atoms with E-state index in [0.29, 0.717) is 30.0 Å². The summed E-state index contributed by atoms with van der Waals surface area (Å²) in [7, 11) is 1.54. The fourth-order valence-corrected chi connectivity index (χ4v) is 2.60. The van der Waals surface area contributed by atoms with Crippen molar-refractivity contribution in [2.75, 3.05) is 26.9 Å². The number of carbonyl (C=O) groups is 2. The number of methoxy groups -OCH3 is 1. The maximum Gasteiger partial charge on any atom is 0.338 e. The van der Waals surface area contributed by atoms with E-state index in [2.05, 4.69) is 10.3 Å². The highest BCUT2D eigenvalue weighted by atomic mass is 16.6. The van der Waals surface area contributed by atoms with Crippen molar-refractivity contribution in [2.24, 2.45) is 0 Å². The van der Waals surface area contributed by atoms with Crippen LogP contribution in [0.1, 0.15) is 17.2 Å². The van der Waals surface area contributed by atoms with Crippen LogP contribution < -0.4 is 10.1 Å². The molecule has 140 valence electrons. The molecule has 1 atom stereocenters. The van der Waals surface area contributed by atoms with Crippen LogP contribution in [-0.2, 0) is 19.1 Å². The average Bonchev–Trinajstić information content (AvgIpc) is 2.72. The molecule has 0 saturated carbocycles. The van der Waals surface area contributed by atoms with Gasteiger partial charge in [0.1, 0.15) is 12.4 Å². The zero-order chi connectivity index (χ0) is 19.1. The van der Waals surface area contributed by atoms with Crippen LogP contribution >= 0.6 is 0 Å². The molecule has 7 heteroatoms. The van der Waals surface area contributed by atoms with Gasteiger partial charge < -0.3 is 19.5 Å². The lowest BCUT2D eigenvalue weighted by Gasteiger charge is -2.21. The maximum absolute atomic E-state index is 12.6. The standard InChI is InChI=1S/C20H20N2O5/c1-25-11-10-22-19(23)18(14-6-8-21-9-7-14)27-20(24)16-12-15-4-2-3-5-17(15)26-13-16/h2-9,12,18H,10-11,13H2,1H3,(H,22,23). The Morgan fingerprint density at radius 1 is 1.22 bits per heavy atom. The summed E-state index contributed by atoms with van der Waals surface area (Å²) in [5, 5.41) is 2.69. The minimum Gasteiger partial charge on any atom is -0.488 e. The van der Waals surface area contributed by atoms with Crippen LogP contribution in [0.2, 0.25) is 0 Å². The number of amides is 1. The summed E-state index contributed by atoms with van der Waals surface area (Å²) >= 11 is 0. The third-order valence-corrected chi connectivity index (χ3v) is 3.97. The normalized spacial score (nSPS) is 13.6. The maximum atomic E-state index is 12.6. The quantitative estimate of drug-likeness (QED) is 0.593. The molecule has 0 spiro atoms. The molecule has 1 unspecified atom stereocenters. The summed E-state index contributed by atoms with van der Waals surface area (Å²) < 4.78 is 16.0. The molecule has 1 aliphatic heterocycles. The zero-order valence-electron chi connectivity index (χ0n) is 14.9. The van der Waals surface area contributed by atoms with Crippen molar-refractivity contribution in [3.63, 3.8) is 0 Å². The molecule has 0 aliphatic carbocycles. The van der Waals surface area contributed by atoms with Gasteiger partial charge in [-0.2, -0.15) is 0 Å². The predicted molar refractivity (Wildman–Crippen MR) is 97.9 cm³/mol. The summed E-state index contributed by atoms with van der Waals surface area (Å²) in [6.07, 6.45) is 3.71. The molecule has 27 heavy (non-hydrogen) atoms. The number of ether oxygens (including phenoxy) is 3. The highest BCUT2D eigenvalue weighted by molar-refractivity contribution is 5.97. The zero-order valence-corrected chi connectivity index (χ0v) is 14.9. The van der Waals surface area contributed by atoms with E-state index in [0.717, 1.165) is 5.56 Å². The van der Waals surface area contributed by atoms with E-state index in [1.54, 1.807) is 25.3 Å². The van der Waals surface area contributed by atoms with Crippen molar-refractivity contribution in [1.82, 2.24) is 10.3 Å². The molecule has 0 radical (unpaired) electrons. The van der Waals surface area contributed by atoms with E-state index in [1.807, 2.05) is 24.3 Å². The van der Waals surface area contributed by atoms with Gasteiger partial charge >= 0.3 is 5.97 Å². The van der Waals surface area contributed by atoms with Gasteiger partial charge in [-0.05, 0) is 24.3 Å². The summed E-state index contributed by atoms with van der Waals surface area (Å²) in [4.78, 5) is 29.1. The second-order valence-corrected chi connectivity index (χ2v) is 5.85. The van der Waals surface area contributed by atoms with Gasteiger partial charge in [0.2, 0.25) is 6.10 Å². The first kappa shape index (κ1) is 18.6. The second-order valence-electron chi connectivity index (χ2n) is 5.85. The van der Waals surface area contributed by atoms with E-state index in [4.69, 9.17) is 14.2 Å². The van der Waals surface area contributed by atoms with Crippen LogP contribution in [-0.4, -0.2) is 43.7 Å². The number of benzene rings is 1. The molecule has 0 saturated heterocycles. The van der Waals surface area contributed by atoms with Crippen molar-refractivity contribution in [3.8, 4) is 5.75 Å². The van der Waals surface area contributed by atoms with Crippen molar-refractivity contribution in [2.45, 2.75) is 6.10 Å². The Hall–Kier alpha value is -3.19. The first-order valence-corrected chi connectivity index (χ1v) is 8.49. The minimum atomic E-state index is -1.09.